The topological polar surface area (TPSA) is 47.3 Å². The summed E-state index contributed by atoms with van der Waals surface area (Å²) in [6.45, 7) is 1.88. The minimum absolute atomic E-state index is 0.279. The summed E-state index contributed by atoms with van der Waals surface area (Å²) in [6, 6.07) is 4.62. The number of hydrogen-bond donors (Lipinski definition) is 2. The number of alkyl halides is 3. The lowest BCUT2D eigenvalue weighted by Crippen LogP contribution is -2.37. The standard InChI is InChI=1S/C12H17F3N2O/c1-3-10(18-2)11(17-16)8-5-4-6-9(7-8)12(13,14)15/h4-7,10-11,17H,3,16H2,1-2H3. The van der Waals surface area contributed by atoms with Crippen LogP contribution in [0.15, 0.2) is 24.3 Å². The maximum Gasteiger partial charge on any atom is 0.416 e. The zero-order valence-corrected chi connectivity index (χ0v) is 10.3. The first-order valence-corrected chi connectivity index (χ1v) is 5.60. The Morgan fingerprint density at radius 1 is 1.39 bits per heavy atom. The molecular formula is C12H17F3N2O. The van der Waals surface area contributed by atoms with Gasteiger partial charge in [-0.3, -0.25) is 11.3 Å². The van der Waals surface area contributed by atoms with Crippen molar-refractivity contribution in [1.82, 2.24) is 5.43 Å². The minimum Gasteiger partial charge on any atom is -0.379 e. The van der Waals surface area contributed by atoms with E-state index in [1.54, 1.807) is 6.07 Å². The molecule has 0 saturated heterocycles. The van der Waals surface area contributed by atoms with Crippen LogP contribution in [0.1, 0.15) is 30.5 Å². The van der Waals surface area contributed by atoms with Crippen LogP contribution in [-0.2, 0) is 10.9 Å². The highest BCUT2D eigenvalue weighted by Gasteiger charge is 2.31. The van der Waals surface area contributed by atoms with E-state index in [0.717, 1.165) is 12.1 Å². The Morgan fingerprint density at radius 3 is 2.50 bits per heavy atom. The lowest BCUT2D eigenvalue weighted by molar-refractivity contribution is -0.137. The first kappa shape index (κ1) is 14.9. The van der Waals surface area contributed by atoms with Gasteiger partial charge in [0.25, 0.3) is 0 Å². The molecule has 1 aromatic rings. The molecule has 1 rings (SSSR count). The summed E-state index contributed by atoms with van der Waals surface area (Å²) in [5, 5.41) is 0. The average molecular weight is 262 g/mol. The Labute approximate surface area is 104 Å². The van der Waals surface area contributed by atoms with E-state index >= 15 is 0 Å². The predicted octanol–water partition coefficient (Wildman–Crippen LogP) is 2.63. The van der Waals surface area contributed by atoms with Crippen molar-refractivity contribution in [3.63, 3.8) is 0 Å². The zero-order valence-electron chi connectivity index (χ0n) is 10.3. The third-order valence-electron chi connectivity index (χ3n) is 2.83. The Morgan fingerprint density at radius 2 is 2.06 bits per heavy atom. The summed E-state index contributed by atoms with van der Waals surface area (Å²) < 4.78 is 43.1. The number of benzene rings is 1. The average Bonchev–Trinajstić information content (AvgIpc) is 2.35. The summed E-state index contributed by atoms with van der Waals surface area (Å²) >= 11 is 0. The van der Waals surface area contributed by atoms with Crippen LogP contribution in [0.5, 0.6) is 0 Å². The number of halogens is 3. The molecule has 0 saturated carbocycles. The Bertz CT molecular complexity index is 378. The molecule has 0 aliphatic carbocycles. The fourth-order valence-corrected chi connectivity index (χ4v) is 1.87. The number of hydrazine groups is 1. The summed E-state index contributed by atoms with van der Waals surface area (Å²) in [7, 11) is 1.51. The Balaban J connectivity index is 3.07. The molecule has 3 nitrogen and oxygen atoms in total. The quantitative estimate of drug-likeness (QED) is 0.633. The molecule has 2 unspecified atom stereocenters. The monoisotopic (exact) mass is 262 g/mol. The van der Waals surface area contributed by atoms with E-state index in [9.17, 15) is 13.2 Å². The van der Waals surface area contributed by atoms with E-state index in [0.29, 0.717) is 12.0 Å². The van der Waals surface area contributed by atoms with Gasteiger partial charge in [0, 0.05) is 7.11 Å². The molecular weight excluding hydrogens is 245 g/mol. The molecule has 2 atom stereocenters. The molecule has 0 amide bonds. The molecule has 0 aliphatic rings. The lowest BCUT2D eigenvalue weighted by Gasteiger charge is -2.25. The summed E-state index contributed by atoms with van der Waals surface area (Å²) in [6.07, 6.45) is -4.00. The molecule has 1 aromatic carbocycles. The third kappa shape index (κ3) is 3.44. The molecule has 102 valence electrons. The summed E-state index contributed by atoms with van der Waals surface area (Å²) in [5.74, 6) is 5.40. The van der Waals surface area contributed by atoms with Crippen LogP contribution in [0.4, 0.5) is 13.2 Å². The van der Waals surface area contributed by atoms with Crippen molar-refractivity contribution in [3.8, 4) is 0 Å². The van der Waals surface area contributed by atoms with Crippen molar-refractivity contribution >= 4 is 0 Å². The van der Waals surface area contributed by atoms with Gasteiger partial charge >= 0.3 is 6.18 Å². The first-order valence-electron chi connectivity index (χ1n) is 5.60. The number of ether oxygens (including phenoxy) is 1. The van der Waals surface area contributed by atoms with Crippen LogP contribution < -0.4 is 11.3 Å². The lowest BCUT2D eigenvalue weighted by atomic mass is 9.98. The van der Waals surface area contributed by atoms with Crippen molar-refractivity contribution in [1.29, 1.82) is 0 Å². The van der Waals surface area contributed by atoms with Crippen molar-refractivity contribution in [2.75, 3.05) is 7.11 Å². The number of nitrogens with two attached hydrogens (primary N) is 1. The molecule has 6 heteroatoms. The normalized spacial score (nSPS) is 15.4. The molecule has 0 fully saturated rings. The Hall–Kier alpha value is -1.11. The predicted molar refractivity (Wildman–Crippen MR) is 62.6 cm³/mol. The first-order chi connectivity index (χ1) is 8.43. The molecule has 0 heterocycles. The second kappa shape index (κ2) is 6.17. The van der Waals surface area contributed by atoms with E-state index < -0.39 is 17.8 Å². The van der Waals surface area contributed by atoms with E-state index in [4.69, 9.17) is 10.6 Å². The summed E-state index contributed by atoms with van der Waals surface area (Å²) in [4.78, 5) is 0. The van der Waals surface area contributed by atoms with Crippen LogP contribution in [0.3, 0.4) is 0 Å². The van der Waals surface area contributed by atoms with Crippen LogP contribution >= 0.6 is 0 Å². The van der Waals surface area contributed by atoms with Crippen molar-refractivity contribution in [3.05, 3.63) is 35.4 Å². The highest BCUT2D eigenvalue weighted by Crippen LogP contribution is 2.31. The number of nitrogens with one attached hydrogen (secondary N) is 1. The SMILES string of the molecule is CCC(OC)C(NN)c1cccc(C(F)(F)F)c1. The van der Waals surface area contributed by atoms with Gasteiger partial charge in [-0.2, -0.15) is 13.2 Å². The summed E-state index contributed by atoms with van der Waals surface area (Å²) in [5.41, 5.74) is 2.28. The fourth-order valence-electron chi connectivity index (χ4n) is 1.87. The van der Waals surface area contributed by atoms with Gasteiger partial charge in [-0.05, 0) is 24.1 Å². The maximum absolute atomic E-state index is 12.6. The molecule has 0 bridgehead atoms. The molecule has 0 aliphatic heterocycles. The minimum atomic E-state index is -4.36. The van der Waals surface area contributed by atoms with E-state index in [1.165, 1.54) is 13.2 Å². The van der Waals surface area contributed by atoms with Crippen LogP contribution in [0.25, 0.3) is 0 Å². The van der Waals surface area contributed by atoms with Gasteiger partial charge in [0.15, 0.2) is 0 Å². The van der Waals surface area contributed by atoms with Gasteiger partial charge in [0.2, 0.25) is 0 Å². The van der Waals surface area contributed by atoms with E-state index in [2.05, 4.69) is 5.43 Å². The van der Waals surface area contributed by atoms with Crippen LogP contribution in [0.2, 0.25) is 0 Å². The van der Waals surface area contributed by atoms with Gasteiger partial charge < -0.3 is 4.74 Å². The zero-order chi connectivity index (χ0) is 13.8. The van der Waals surface area contributed by atoms with Crippen LogP contribution in [0, 0.1) is 0 Å². The maximum atomic E-state index is 12.6. The molecule has 0 aromatic heterocycles. The van der Waals surface area contributed by atoms with Crippen molar-refractivity contribution < 1.29 is 17.9 Å². The van der Waals surface area contributed by atoms with Gasteiger partial charge in [-0.1, -0.05) is 19.1 Å². The molecule has 0 radical (unpaired) electrons. The van der Waals surface area contributed by atoms with Gasteiger partial charge in [-0.25, -0.2) is 0 Å². The van der Waals surface area contributed by atoms with E-state index in [-0.39, 0.29) is 6.10 Å². The van der Waals surface area contributed by atoms with Gasteiger partial charge in [0.1, 0.15) is 0 Å². The molecule has 18 heavy (non-hydrogen) atoms. The van der Waals surface area contributed by atoms with Gasteiger partial charge in [-0.15, -0.1) is 0 Å². The highest BCUT2D eigenvalue weighted by molar-refractivity contribution is 5.28. The molecule has 3 N–H and O–H groups in total. The number of methoxy groups -OCH3 is 1. The van der Waals surface area contributed by atoms with E-state index in [1.807, 2.05) is 6.92 Å². The van der Waals surface area contributed by atoms with Crippen molar-refractivity contribution in [2.24, 2.45) is 5.84 Å². The second-order valence-corrected chi connectivity index (χ2v) is 3.95. The smallest absolute Gasteiger partial charge is 0.379 e. The highest BCUT2D eigenvalue weighted by atomic mass is 19.4. The van der Waals surface area contributed by atoms with Gasteiger partial charge in [0.05, 0.1) is 17.7 Å². The second-order valence-electron chi connectivity index (χ2n) is 3.95. The largest absolute Gasteiger partial charge is 0.416 e. The Kier molecular flexibility index (Phi) is 5.13. The molecule has 0 spiro atoms. The van der Waals surface area contributed by atoms with Crippen LogP contribution in [-0.4, -0.2) is 13.2 Å². The third-order valence-corrected chi connectivity index (χ3v) is 2.83. The van der Waals surface area contributed by atoms with Crippen molar-refractivity contribution in [2.45, 2.75) is 31.7 Å². The number of rotatable bonds is 5. The number of hydrogen-bond acceptors (Lipinski definition) is 3. The fraction of sp³-hybridized carbons (Fsp3) is 0.500.